The van der Waals surface area contributed by atoms with E-state index in [1.54, 1.807) is 19.0 Å². The van der Waals surface area contributed by atoms with Crippen molar-refractivity contribution in [1.29, 1.82) is 0 Å². The Balaban J connectivity index is 1.31. The van der Waals surface area contributed by atoms with Crippen molar-refractivity contribution in [3.63, 3.8) is 0 Å². The van der Waals surface area contributed by atoms with E-state index in [4.69, 9.17) is 5.73 Å². The average molecular weight is 470 g/mol. The largest absolute Gasteiger partial charge is 0.384 e. The van der Waals surface area contributed by atoms with Gasteiger partial charge in [-0.1, -0.05) is 6.08 Å². The number of aryl methyl sites for hydroxylation is 1. The van der Waals surface area contributed by atoms with Crippen molar-refractivity contribution >= 4 is 28.5 Å². The molecule has 0 fully saturated rings. The maximum atomic E-state index is 12.1. The SMILES string of the molecule is CN(C)C(=O)C1=NC=C(C2=CCN(Cc3cc4c(-c5ccc(N)nc5)ccnc4n3C)CC2)CC1. The number of amides is 1. The van der Waals surface area contributed by atoms with Gasteiger partial charge in [-0.05, 0) is 60.2 Å². The summed E-state index contributed by atoms with van der Waals surface area (Å²) in [6.07, 6.45) is 10.5. The summed E-state index contributed by atoms with van der Waals surface area (Å²) in [6.45, 7) is 2.73. The van der Waals surface area contributed by atoms with Gasteiger partial charge < -0.3 is 15.2 Å². The number of nitrogen functional groups attached to an aromatic ring is 1. The van der Waals surface area contributed by atoms with Gasteiger partial charge in [0.25, 0.3) is 5.91 Å². The molecule has 5 rings (SSSR count). The normalized spacial score (nSPS) is 16.6. The molecule has 0 radical (unpaired) electrons. The molecule has 0 spiro atoms. The molecule has 2 aliphatic rings. The first kappa shape index (κ1) is 23.0. The van der Waals surface area contributed by atoms with Crippen molar-refractivity contribution < 1.29 is 4.79 Å². The summed E-state index contributed by atoms with van der Waals surface area (Å²) in [6, 6.07) is 8.11. The first-order chi connectivity index (χ1) is 16.9. The fourth-order valence-electron chi connectivity index (χ4n) is 4.82. The van der Waals surface area contributed by atoms with E-state index >= 15 is 0 Å². The van der Waals surface area contributed by atoms with Gasteiger partial charge in [-0.2, -0.15) is 0 Å². The molecule has 3 aromatic rings. The van der Waals surface area contributed by atoms with Crippen molar-refractivity contribution in [2.75, 3.05) is 32.9 Å². The standard InChI is InChI=1S/C27H31N7O/c1-32(2)27(35)24-6-4-19(15-30-24)18-9-12-34(13-10-18)17-21-14-23-22(8-11-29-26(23)33(21)3)20-5-7-25(28)31-16-20/h5,7-9,11,14-16H,4,6,10,12-13,17H2,1-3H3,(H2,28,31). The first-order valence-corrected chi connectivity index (χ1v) is 11.9. The summed E-state index contributed by atoms with van der Waals surface area (Å²) >= 11 is 0. The van der Waals surface area contributed by atoms with Crippen LogP contribution in [0.25, 0.3) is 22.2 Å². The number of nitrogens with two attached hydrogens (primary N) is 1. The lowest BCUT2D eigenvalue weighted by atomic mass is 9.93. The number of fused-ring (bicyclic) bond motifs is 1. The van der Waals surface area contributed by atoms with Crippen molar-refractivity contribution in [3.05, 3.63) is 65.8 Å². The molecule has 0 saturated heterocycles. The van der Waals surface area contributed by atoms with Gasteiger partial charge in [-0.25, -0.2) is 9.97 Å². The Labute approximate surface area is 205 Å². The molecule has 0 bridgehead atoms. The van der Waals surface area contributed by atoms with E-state index in [0.29, 0.717) is 18.0 Å². The van der Waals surface area contributed by atoms with Crippen LogP contribution < -0.4 is 5.73 Å². The smallest absolute Gasteiger partial charge is 0.267 e. The van der Waals surface area contributed by atoms with Crippen LogP contribution in [0.2, 0.25) is 0 Å². The number of carbonyl (C=O) groups is 1. The molecular formula is C27H31N7O. The number of carbonyl (C=O) groups excluding carboxylic acids is 1. The lowest BCUT2D eigenvalue weighted by molar-refractivity contribution is -0.121. The van der Waals surface area contributed by atoms with Crippen LogP contribution in [0.1, 0.15) is 25.0 Å². The van der Waals surface area contributed by atoms with Crippen LogP contribution in [-0.2, 0) is 18.4 Å². The molecule has 0 unspecified atom stereocenters. The molecular weight excluding hydrogens is 438 g/mol. The zero-order valence-corrected chi connectivity index (χ0v) is 20.5. The first-order valence-electron chi connectivity index (χ1n) is 11.9. The predicted octanol–water partition coefficient (Wildman–Crippen LogP) is 3.56. The summed E-state index contributed by atoms with van der Waals surface area (Å²) in [5, 5.41) is 1.12. The van der Waals surface area contributed by atoms with E-state index < -0.39 is 0 Å². The van der Waals surface area contributed by atoms with E-state index in [0.717, 1.165) is 54.6 Å². The molecule has 0 aliphatic carbocycles. The van der Waals surface area contributed by atoms with Crippen LogP contribution in [0.4, 0.5) is 5.82 Å². The van der Waals surface area contributed by atoms with E-state index in [-0.39, 0.29) is 5.91 Å². The number of hydrogen-bond acceptors (Lipinski definition) is 6. The van der Waals surface area contributed by atoms with Crippen LogP contribution in [0, 0.1) is 0 Å². The molecule has 2 aliphatic heterocycles. The van der Waals surface area contributed by atoms with Crippen molar-refractivity contribution in [3.8, 4) is 11.1 Å². The Bertz CT molecular complexity index is 1360. The minimum Gasteiger partial charge on any atom is -0.384 e. The second kappa shape index (κ2) is 9.46. The van der Waals surface area contributed by atoms with Crippen molar-refractivity contribution in [2.45, 2.75) is 25.8 Å². The van der Waals surface area contributed by atoms with E-state index in [1.807, 2.05) is 36.8 Å². The number of aliphatic imine (C=N–C) groups is 1. The summed E-state index contributed by atoms with van der Waals surface area (Å²) < 4.78 is 2.18. The van der Waals surface area contributed by atoms with Crippen LogP contribution in [0.3, 0.4) is 0 Å². The van der Waals surface area contributed by atoms with Crippen molar-refractivity contribution in [1.82, 2.24) is 24.3 Å². The second-order valence-corrected chi connectivity index (χ2v) is 9.41. The van der Waals surface area contributed by atoms with Gasteiger partial charge in [0, 0.05) is 76.0 Å². The molecule has 8 nitrogen and oxygen atoms in total. The molecule has 0 aromatic carbocycles. The van der Waals surface area contributed by atoms with Gasteiger partial charge in [-0.3, -0.25) is 14.7 Å². The predicted molar refractivity (Wildman–Crippen MR) is 140 cm³/mol. The quantitative estimate of drug-likeness (QED) is 0.617. The van der Waals surface area contributed by atoms with Crippen LogP contribution in [0.5, 0.6) is 0 Å². The average Bonchev–Trinajstić information content (AvgIpc) is 3.20. The number of hydrogen-bond donors (Lipinski definition) is 1. The van der Waals surface area contributed by atoms with E-state index in [2.05, 4.69) is 43.6 Å². The second-order valence-electron chi connectivity index (χ2n) is 9.41. The molecule has 8 heteroatoms. The summed E-state index contributed by atoms with van der Waals surface area (Å²) in [7, 11) is 5.62. The van der Waals surface area contributed by atoms with Gasteiger partial charge >= 0.3 is 0 Å². The van der Waals surface area contributed by atoms with Gasteiger partial charge in [-0.15, -0.1) is 0 Å². The highest BCUT2D eigenvalue weighted by atomic mass is 16.2. The van der Waals surface area contributed by atoms with Gasteiger partial charge in [0.15, 0.2) is 0 Å². The fourth-order valence-corrected chi connectivity index (χ4v) is 4.82. The number of allylic oxidation sites excluding steroid dienone is 1. The third kappa shape index (κ3) is 4.61. The molecule has 5 heterocycles. The Kier molecular flexibility index (Phi) is 6.21. The Morgan fingerprint density at radius 2 is 1.97 bits per heavy atom. The Morgan fingerprint density at radius 3 is 2.63 bits per heavy atom. The summed E-state index contributed by atoms with van der Waals surface area (Å²) in [5.41, 5.74) is 13.4. The molecule has 3 aromatic heterocycles. The minimum absolute atomic E-state index is 0.00404. The van der Waals surface area contributed by atoms with Gasteiger partial charge in [0.2, 0.25) is 0 Å². The highest BCUT2D eigenvalue weighted by Gasteiger charge is 2.21. The third-order valence-corrected chi connectivity index (χ3v) is 6.88. The van der Waals surface area contributed by atoms with Crippen molar-refractivity contribution in [2.24, 2.45) is 12.0 Å². The highest BCUT2D eigenvalue weighted by molar-refractivity contribution is 6.39. The van der Waals surface area contributed by atoms with Gasteiger partial charge in [0.05, 0.1) is 0 Å². The topological polar surface area (TPSA) is 92.6 Å². The highest BCUT2D eigenvalue weighted by Crippen LogP contribution is 2.31. The lowest BCUT2D eigenvalue weighted by Gasteiger charge is -2.28. The summed E-state index contributed by atoms with van der Waals surface area (Å²) in [4.78, 5) is 29.5. The van der Waals surface area contributed by atoms with Crippen LogP contribution >= 0.6 is 0 Å². The number of anilines is 1. The third-order valence-electron chi connectivity index (χ3n) is 6.88. The van der Waals surface area contributed by atoms with E-state index in [1.165, 1.54) is 16.8 Å². The zero-order valence-electron chi connectivity index (χ0n) is 20.5. The fraction of sp³-hybridized carbons (Fsp3) is 0.333. The molecule has 1 amide bonds. The number of pyridine rings is 2. The summed E-state index contributed by atoms with van der Waals surface area (Å²) in [5.74, 6) is 0.521. The lowest BCUT2D eigenvalue weighted by Crippen LogP contribution is -2.31. The Hall–Kier alpha value is -3.78. The van der Waals surface area contributed by atoms with E-state index in [9.17, 15) is 4.79 Å². The van der Waals surface area contributed by atoms with Crippen LogP contribution in [-0.4, -0.2) is 63.1 Å². The molecule has 35 heavy (non-hydrogen) atoms. The molecule has 0 saturated carbocycles. The maximum Gasteiger partial charge on any atom is 0.267 e. The number of aromatic nitrogens is 3. The molecule has 180 valence electrons. The number of rotatable bonds is 5. The Morgan fingerprint density at radius 1 is 1.11 bits per heavy atom. The van der Waals surface area contributed by atoms with Gasteiger partial charge in [0.1, 0.15) is 17.2 Å². The monoisotopic (exact) mass is 469 g/mol. The zero-order chi connectivity index (χ0) is 24.5. The minimum atomic E-state index is 0.00404. The maximum absolute atomic E-state index is 12.1. The molecule has 2 N–H and O–H groups in total. The number of nitrogens with zero attached hydrogens (tertiary/aromatic N) is 6. The molecule has 0 atom stereocenters. The van der Waals surface area contributed by atoms with Crippen LogP contribution in [0.15, 0.2) is 65.1 Å².